The molecule has 6 heteroatoms. The van der Waals surface area contributed by atoms with Crippen molar-refractivity contribution in [2.24, 2.45) is 7.05 Å². The molecule has 6 nitrogen and oxygen atoms in total. The summed E-state index contributed by atoms with van der Waals surface area (Å²) in [5.41, 5.74) is 2.12. The highest BCUT2D eigenvalue weighted by Gasteiger charge is 2.42. The van der Waals surface area contributed by atoms with Crippen LogP contribution in [0.1, 0.15) is 35.1 Å². The Kier molecular flexibility index (Phi) is 5.32. The van der Waals surface area contributed by atoms with Gasteiger partial charge in [0.15, 0.2) is 0 Å². The quantitative estimate of drug-likeness (QED) is 0.797. The number of ether oxygens (including phenoxy) is 2. The lowest BCUT2D eigenvalue weighted by atomic mass is 10.0. The summed E-state index contributed by atoms with van der Waals surface area (Å²) >= 11 is 0. The monoisotopic (exact) mass is 357 g/mol. The summed E-state index contributed by atoms with van der Waals surface area (Å²) in [6.07, 6.45) is 1.57. The van der Waals surface area contributed by atoms with E-state index in [2.05, 4.69) is 12.0 Å². The minimum Gasteiger partial charge on any atom is -0.491 e. The molecule has 0 bridgehead atoms. The molecule has 2 heterocycles. The molecule has 0 aliphatic carbocycles. The molecule has 2 aromatic rings. The number of rotatable bonds is 6. The number of nitrogens with zero attached hydrogens (tertiary/aromatic N) is 3. The van der Waals surface area contributed by atoms with Crippen LogP contribution in [0.4, 0.5) is 0 Å². The van der Waals surface area contributed by atoms with Gasteiger partial charge in [0, 0.05) is 26.3 Å². The first-order chi connectivity index (χ1) is 12.5. The molecule has 1 amide bonds. The van der Waals surface area contributed by atoms with Crippen molar-refractivity contribution >= 4 is 5.91 Å². The van der Waals surface area contributed by atoms with Crippen molar-refractivity contribution < 1.29 is 14.3 Å². The molecule has 26 heavy (non-hydrogen) atoms. The van der Waals surface area contributed by atoms with Gasteiger partial charge in [0.25, 0.3) is 5.91 Å². The van der Waals surface area contributed by atoms with Gasteiger partial charge in [0.05, 0.1) is 12.2 Å². The van der Waals surface area contributed by atoms with Gasteiger partial charge >= 0.3 is 0 Å². The molecule has 0 spiro atoms. The molecule has 1 fully saturated rings. The standard InChI is InChI=1S/C20H27N3O3/c1-5-17-15(2)18(22(3)21-17)19(24)23-12-11-20(13-23,25-4)14-26-16-9-7-6-8-10-16/h6-10H,5,11-14H2,1-4H3/t20-/m0/s1. The van der Waals surface area contributed by atoms with Crippen LogP contribution in [0.25, 0.3) is 0 Å². The number of para-hydroxylation sites is 1. The average molecular weight is 357 g/mol. The van der Waals surface area contributed by atoms with E-state index in [4.69, 9.17) is 9.47 Å². The van der Waals surface area contributed by atoms with Crippen LogP contribution in [0.3, 0.4) is 0 Å². The fraction of sp³-hybridized carbons (Fsp3) is 0.500. The van der Waals surface area contributed by atoms with E-state index >= 15 is 0 Å². The van der Waals surface area contributed by atoms with Gasteiger partial charge in [-0.1, -0.05) is 25.1 Å². The van der Waals surface area contributed by atoms with Crippen LogP contribution in [0, 0.1) is 6.92 Å². The summed E-state index contributed by atoms with van der Waals surface area (Å²) in [6.45, 7) is 5.60. The second kappa shape index (κ2) is 7.50. The molecule has 0 saturated carbocycles. The van der Waals surface area contributed by atoms with E-state index in [0.29, 0.717) is 25.4 Å². The van der Waals surface area contributed by atoms with Crippen LogP contribution in [0.15, 0.2) is 30.3 Å². The van der Waals surface area contributed by atoms with Gasteiger partial charge < -0.3 is 14.4 Å². The molecule has 1 aliphatic heterocycles. The Morgan fingerprint density at radius 1 is 1.31 bits per heavy atom. The van der Waals surface area contributed by atoms with Gasteiger partial charge in [-0.25, -0.2) is 0 Å². The van der Waals surface area contributed by atoms with E-state index in [9.17, 15) is 4.79 Å². The van der Waals surface area contributed by atoms with Gasteiger partial charge in [-0.15, -0.1) is 0 Å². The lowest BCUT2D eigenvalue weighted by molar-refractivity contribution is -0.0343. The maximum Gasteiger partial charge on any atom is 0.272 e. The van der Waals surface area contributed by atoms with Gasteiger partial charge in [0.2, 0.25) is 0 Å². The van der Waals surface area contributed by atoms with E-state index in [0.717, 1.165) is 29.8 Å². The second-order valence-electron chi connectivity index (χ2n) is 6.86. The Morgan fingerprint density at radius 2 is 2.04 bits per heavy atom. The fourth-order valence-electron chi connectivity index (χ4n) is 3.56. The van der Waals surface area contributed by atoms with E-state index in [1.807, 2.05) is 49.2 Å². The van der Waals surface area contributed by atoms with Crippen LogP contribution in [0.5, 0.6) is 5.75 Å². The molecular formula is C20H27N3O3. The number of hydrogen-bond donors (Lipinski definition) is 0. The van der Waals surface area contributed by atoms with Gasteiger partial charge in [-0.2, -0.15) is 5.10 Å². The molecule has 1 saturated heterocycles. The fourth-order valence-corrected chi connectivity index (χ4v) is 3.56. The first-order valence-electron chi connectivity index (χ1n) is 9.04. The molecule has 0 unspecified atom stereocenters. The summed E-state index contributed by atoms with van der Waals surface area (Å²) in [7, 11) is 3.52. The van der Waals surface area contributed by atoms with E-state index in [1.54, 1.807) is 11.8 Å². The maximum absolute atomic E-state index is 13.1. The third-order valence-electron chi connectivity index (χ3n) is 5.20. The Balaban J connectivity index is 1.72. The number of methoxy groups -OCH3 is 1. The van der Waals surface area contributed by atoms with Gasteiger partial charge in [-0.3, -0.25) is 9.48 Å². The highest BCUT2D eigenvalue weighted by Crippen LogP contribution is 2.28. The highest BCUT2D eigenvalue weighted by molar-refractivity contribution is 5.94. The topological polar surface area (TPSA) is 56.6 Å². The van der Waals surface area contributed by atoms with Crippen molar-refractivity contribution in [2.45, 2.75) is 32.3 Å². The van der Waals surface area contributed by atoms with E-state index < -0.39 is 5.60 Å². The van der Waals surface area contributed by atoms with Crippen molar-refractivity contribution in [1.29, 1.82) is 0 Å². The first-order valence-corrected chi connectivity index (χ1v) is 9.04. The largest absolute Gasteiger partial charge is 0.491 e. The number of amides is 1. The zero-order valence-electron chi connectivity index (χ0n) is 16.0. The maximum atomic E-state index is 13.1. The van der Waals surface area contributed by atoms with Crippen LogP contribution < -0.4 is 4.74 Å². The molecule has 3 rings (SSSR count). The number of hydrogen-bond acceptors (Lipinski definition) is 4. The number of aryl methyl sites for hydroxylation is 2. The van der Waals surface area contributed by atoms with Crippen LogP contribution in [-0.4, -0.2) is 53.0 Å². The third-order valence-corrected chi connectivity index (χ3v) is 5.20. The zero-order chi connectivity index (χ0) is 18.7. The smallest absolute Gasteiger partial charge is 0.272 e. The van der Waals surface area contributed by atoms with Crippen LogP contribution in [0.2, 0.25) is 0 Å². The van der Waals surface area contributed by atoms with Gasteiger partial charge in [0.1, 0.15) is 23.7 Å². The predicted octanol–water partition coefficient (Wildman–Crippen LogP) is 2.60. The summed E-state index contributed by atoms with van der Waals surface area (Å²) in [5, 5.41) is 4.47. The summed E-state index contributed by atoms with van der Waals surface area (Å²) < 4.78 is 13.4. The lowest BCUT2D eigenvalue weighted by Gasteiger charge is -2.28. The Morgan fingerprint density at radius 3 is 2.65 bits per heavy atom. The summed E-state index contributed by atoms with van der Waals surface area (Å²) in [6, 6.07) is 9.68. The molecular weight excluding hydrogens is 330 g/mol. The summed E-state index contributed by atoms with van der Waals surface area (Å²) in [5.74, 6) is 0.819. The van der Waals surface area contributed by atoms with Crippen LogP contribution >= 0.6 is 0 Å². The molecule has 0 radical (unpaired) electrons. The molecule has 1 aromatic carbocycles. The van der Waals surface area contributed by atoms with Crippen molar-refractivity contribution in [3.8, 4) is 5.75 Å². The van der Waals surface area contributed by atoms with Crippen molar-refractivity contribution in [2.75, 3.05) is 26.8 Å². The minimum atomic E-state index is -0.481. The van der Waals surface area contributed by atoms with E-state index in [1.165, 1.54) is 0 Å². The normalized spacial score (nSPS) is 19.8. The third kappa shape index (κ3) is 3.46. The van der Waals surface area contributed by atoms with E-state index in [-0.39, 0.29) is 5.91 Å². The molecule has 1 aliphatic rings. The zero-order valence-corrected chi connectivity index (χ0v) is 16.0. The lowest BCUT2D eigenvalue weighted by Crippen LogP contribution is -2.42. The summed E-state index contributed by atoms with van der Waals surface area (Å²) in [4.78, 5) is 14.9. The highest BCUT2D eigenvalue weighted by atomic mass is 16.5. The van der Waals surface area contributed by atoms with Crippen LogP contribution in [-0.2, 0) is 18.2 Å². The first kappa shape index (κ1) is 18.5. The Labute approximate surface area is 154 Å². The number of likely N-dealkylation sites (tertiary alicyclic amines) is 1. The number of benzene rings is 1. The van der Waals surface area contributed by atoms with Crippen molar-refractivity contribution in [3.05, 3.63) is 47.3 Å². The predicted molar refractivity (Wildman–Crippen MR) is 99.5 cm³/mol. The molecule has 0 N–H and O–H groups in total. The van der Waals surface area contributed by atoms with Gasteiger partial charge in [-0.05, 0) is 31.9 Å². The Hall–Kier alpha value is -2.34. The molecule has 1 aromatic heterocycles. The SMILES string of the molecule is CCc1nn(C)c(C(=O)N2CC[C@](COc3ccccc3)(OC)C2)c1C. The number of carbonyl (C=O) groups excluding carboxylic acids is 1. The van der Waals surface area contributed by atoms with Crippen molar-refractivity contribution in [1.82, 2.24) is 14.7 Å². The second-order valence-corrected chi connectivity index (χ2v) is 6.86. The average Bonchev–Trinajstić information content (AvgIpc) is 3.22. The molecule has 1 atom stereocenters. The Bertz CT molecular complexity index is 772. The molecule has 140 valence electrons. The van der Waals surface area contributed by atoms with Crippen molar-refractivity contribution in [3.63, 3.8) is 0 Å². The minimum absolute atomic E-state index is 0.0100. The number of aromatic nitrogens is 2. The number of carbonyl (C=O) groups is 1.